The Balaban J connectivity index is 1.77. The molecule has 1 amide bonds. The van der Waals surface area contributed by atoms with E-state index < -0.39 is 38.4 Å². The van der Waals surface area contributed by atoms with E-state index in [9.17, 15) is 26.8 Å². The summed E-state index contributed by atoms with van der Waals surface area (Å²) in [5, 5.41) is 0. The smallest absolute Gasteiger partial charge is 0.340 e. The van der Waals surface area contributed by atoms with Crippen LogP contribution >= 0.6 is 0 Å². The zero-order chi connectivity index (χ0) is 22.9. The molecule has 1 saturated heterocycles. The number of sulfonamides is 1. The summed E-state index contributed by atoms with van der Waals surface area (Å²) in [7, 11) is -4.39. The highest BCUT2D eigenvalue weighted by atomic mass is 32.2. The molecule has 0 radical (unpaired) electrons. The zero-order valence-electron chi connectivity index (χ0n) is 17.4. The Morgan fingerprint density at radius 3 is 2.23 bits per heavy atom. The number of carbonyl (C=O) groups excluding carboxylic acids is 2. The molecule has 0 unspecified atom stereocenters. The first-order chi connectivity index (χ1) is 14.6. The third-order valence-electron chi connectivity index (χ3n) is 5.17. The van der Waals surface area contributed by atoms with Gasteiger partial charge in [0, 0.05) is 31.9 Å². The minimum Gasteiger partial charge on any atom is -0.462 e. The molecule has 1 aliphatic heterocycles. The largest absolute Gasteiger partial charge is 0.462 e. The van der Waals surface area contributed by atoms with Gasteiger partial charge in [0.05, 0.1) is 12.2 Å². The molecule has 1 aromatic heterocycles. The van der Waals surface area contributed by atoms with Crippen molar-refractivity contribution >= 4 is 21.9 Å². The number of amides is 1. The molecule has 8 nitrogen and oxygen atoms in total. The van der Waals surface area contributed by atoms with Gasteiger partial charge in [0.25, 0.3) is 5.91 Å². The molecule has 0 aliphatic carbocycles. The van der Waals surface area contributed by atoms with E-state index in [1.54, 1.807) is 20.8 Å². The van der Waals surface area contributed by atoms with Crippen molar-refractivity contribution in [3.05, 3.63) is 52.3 Å². The van der Waals surface area contributed by atoms with E-state index in [4.69, 9.17) is 4.74 Å². The summed E-state index contributed by atoms with van der Waals surface area (Å²) in [4.78, 5) is 28.4. The van der Waals surface area contributed by atoms with E-state index in [0.717, 1.165) is 22.5 Å². The maximum atomic E-state index is 14.0. The molecule has 0 bridgehead atoms. The molecule has 31 heavy (non-hydrogen) atoms. The fourth-order valence-corrected chi connectivity index (χ4v) is 5.15. The van der Waals surface area contributed by atoms with E-state index in [1.165, 1.54) is 4.90 Å². The van der Waals surface area contributed by atoms with Gasteiger partial charge in [0.2, 0.25) is 10.0 Å². The summed E-state index contributed by atoms with van der Waals surface area (Å²) >= 11 is 0. The molecule has 2 aromatic rings. The lowest BCUT2D eigenvalue weighted by Gasteiger charge is -2.34. The fraction of sp³-hybridized carbons (Fsp3) is 0.400. The number of carbonyl (C=O) groups is 2. The molecule has 0 saturated carbocycles. The van der Waals surface area contributed by atoms with Gasteiger partial charge in [-0.15, -0.1) is 0 Å². The quantitative estimate of drug-likeness (QED) is 0.697. The molecule has 2 heterocycles. The van der Waals surface area contributed by atoms with Gasteiger partial charge in [-0.1, -0.05) is 6.07 Å². The second-order valence-corrected chi connectivity index (χ2v) is 8.97. The van der Waals surface area contributed by atoms with Crippen LogP contribution in [-0.2, 0) is 14.8 Å². The number of nitrogens with zero attached hydrogens (tertiary/aromatic N) is 2. The highest BCUT2D eigenvalue weighted by Crippen LogP contribution is 2.25. The van der Waals surface area contributed by atoms with E-state index in [2.05, 4.69) is 4.98 Å². The number of esters is 1. The van der Waals surface area contributed by atoms with Crippen molar-refractivity contribution in [2.75, 3.05) is 32.8 Å². The molecule has 0 spiro atoms. The number of aromatic nitrogens is 1. The second-order valence-electron chi connectivity index (χ2n) is 7.09. The first kappa shape index (κ1) is 22.9. The van der Waals surface area contributed by atoms with Crippen molar-refractivity contribution < 1.29 is 31.5 Å². The maximum Gasteiger partial charge on any atom is 0.340 e. The Labute approximate surface area is 178 Å². The van der Waals surface area contributed by atoms with Crippen molar-refractivity contribution in [2.45, 2.75) is 25.7 Å². The van der Waals surface area contributed by atoms with Gasteiger partial charge in [-0.25, -0.2) is 22.0 Å². The lowest BCUT2D eigenvalue weighted by atomic mass is 10.1. The molecule has 168 valence electrons. The Hall–Kier alpha value is -2.79. The molecule has 1 aliphatic rings. The van der Waals surface area contributed by atoms with Gasteiger partial charge in [0.1, 0.15) is 17.3 Å². The highest BCUT2D eigenvalue weighted by Gasteiger charge is 2.35. The lowest BCUT2D eigenvalue weighted by molar-refractivity contribution is 0.0525. The topological polar surface area (TPSA) is 99.8 Å². The number of hydrogen-bond acceptors (Lipinski definition) is 5. The van der Waals surface area contributed by atoms with Crippen LogP contribution in [0.1, 0.15) is 39.0 Å². The van der Waals surface area contributed by atoms with Crippen LogP contribution in [-0.4, -0.2) is 67.3 Å². The van der Waals surface area contributed by atoms with Gasteiger partial charge in [0.15, 0.2) is 4.90 Å². The van der Waals surface area contributed by atoms with Crippen LogP contribution in [0.2, 0.25) is 0 Å². The Morgan fingerprint density at radius 2 is 1.68 bits per heavy atom. The Kier molecular flexibility index (Phi) is 6.46. The third-order valence-corrected chi connectivity index (χ3v) is 7.12. The number of aromatic amines is 1. The van der Waals surface area contributed by atoms with Crippen molar-refractivity contribution in [1.82, 2.24) is 14.2 Å². The minimum atomic E-state index is -4.39. The van der Waals surface area contributed by atoms with Crippen LogP contribution in [0.5, 0.6) is 0 Å². The average molecular weight is 455 g/mol. The van der Waals surface area contributed by atoms with Gasteiger partial charge in [-0.3, -0.25) is 4.79 Å². The number of nitrogens with one attached hydrogen (secondary N) is 1. The molecule has 1 aromatic carbocycles. The predicted octanol–water partition coefficient (Wildman–Crippen LogP) is 2.23. The number of rotatable bonds is 5. The maximum absolute atomic E-state index is 14.0. The van der Waals surface area contributed by atoms with Gasteiger partial charge in [-0.2, -0.15) is 4.31 Å². The molecular formula is C20H23F2N3O5S. The fourth-order valence-electron chi connectivity index (χ4n) is 3.62. The molecule has 0 atom stereocenters. The van der Waals surface area contributed by atoms with E-state index in [-0.39, 0.29) is 38.5 Å². The summed E-state index contributed by atoms with van der Waals surface area (Å²) in [5.74, 6) is -3.26. The third kappa shape index (κ3) is 4.19. The van der Waals surface area contributed by atoms with E-state index in [1.807, 2.05) is 0 Å². The molecule has 11 heteroatoms. The van der Waals surface area contributed by atoms with Gasteiger partial charge >= 0.3 is 5.97 Å². The Bertz CT molecular complexity index is 1100. The molecule has 3 rings (SSSR count). The average Bonchev–Trinajstić information content (AvgIpc) is 3.01. The normalized spacial score (nSPS) is 15.2. The summed E-state index contributed by atoms with van der Waals surface area (Å²) in [6.07, 6.45) is 0. The molecular weight excluding hydrogens is 432 g/mol. The van der Waals surface area contributed by atoms with Gasteiger partial charge < -0.3 is 14.6 Å². The monoisotopic (exact) mass is 455 g/mol. The summed E-state index contributed by atoms with van der Waals surface area (Å²) in [6.45, 7) is 4.98. The summed E-state index contributed by atoms with van der Waals surface area (Å²) < 4.78 is 59.3. The van der Waals surface area contributed by atoms with Crippen LogP contribution in [0, 0.1) is 25.5 Å². The first-order valence-corrected chi connectivity index (χ1v) is 11.1. The SMILES string of the molecule is CCOC(=O)c1c(C)[nH]c(C(=O)N2CCN(S(=O)(=O)c3c(F)cccc3F)CC2)c1C. The van der Waals surface area contributed by atoms with Crippen molar-refractivity contribution in [1.29, 1.82) is 0 Å². The van der Waals surface area contributed by atoms with Crippen LogP contribution in [0.25, 0.3) is 0 Å². The second kappa shape index (κ2) is 8.75. The number of ether oxygens (including phenoxy) is 1. The van der Waals surface area contributed by atoms with Crippen LogP contribution in [0.3, 0.4) is 0 Å². The number of piperazine rings is 1. The van der Waals surface area contributed by atoms with Crippen LogP contribution in [0.4, 0.5) is 8.78 Å². The zero-order valence-corrected chi connectivity index (χ0v) is 18.2. The Morgan fingerprint density at radius 1 is 1.10 bits per heavy atom. The number of H-pyrrole nitrogens is 1. The first-order valence-electron chi connectivity index (χ1n) is 9.69. The van der Waals surface area contributed by atoms with Crippen molar-refractivity contribution in [3.8, 4) is 0 Å². The van der Waals surface area contributed by atoms with Crippen LogP contribution < -0.4 is 0 Å². The van der Waals surface area contributed by atoms with Gasteiger partial charge in [-0.05, 0) is 38.5 Å². The summed E-state index contributed by atoms with van der Waals surface area (Å²) in [5.41, 5.74) is 1.46. The van der Waals surface area contributed by atoms with Crippen molar-refractivity contribution in [2.24, 2.45) is 0 Å². The van der Waals surface area contributed by atoms with E-state index in [0.29, 0.717) is 16.8 Å². The minimum absolute atomic E-state index is 0.0282. The standard InChI is InChI=1S/C20H23F2N3O5S/c1-4-30-20(27)16-12(2)17(23-13(16)3)19(26)24-8-10-25(11-9-24)31(28,29)18-14(21)6-5-7-15(18)22/h5-7,23H,4,8-11H2,1-3H3. The molecule has 1 N–H and O–H groups in total. The lowest BCUT2D eigenvalue weighted by Crippen LogP contribution is -2.50. The predicted molar refractivity (Wildman–Crippen MR) is 107 cm³/mol. The highest BCUT2D eigenvalue weighted by molar-refractivity contribution is 7.89. The number of halogens is 2. The number of benzene rings is 1. The molecule has 1 fully saturated rings. The number of hydrogen-bond donors (Lipinski definition) is 1. The van der Waals surface area contributed by atoms with Crippen LogP contribution in [0.15, 0.2) is 23.1 Å². The summed E-state index contributed by atoms with van der Waals surface area (Å²) in [6, 6.07) is 2.85. The van der Waals surface area contributed by atoms with Crippen molar-refractivity contribution in [3.63, 3.8) is 0 Å². The number of aryl methyl sites for hydroxylation is 1. The van der Waals surface area contributed by atoms with E-state index >= 15 is 0 Å².